The van der Waals surface area contributed by atoms with Gasteiger partial charge in [0.2, 0.25) is 0 Å². The van der Waals surface area contributed by atoms with E-state index >= 15 is 0 Å². The van der Waals surface area contributed by atoms with Crippen LogP contribution in [0.15, 0.2) is 28.8 Å². The smallest absolute Gasteiger partial charge is 0.260 e. The van der Waals surface area contributed by atoms with Gasteiger partial charge >= 0.3 is 0 Å². The highest BCUT2D eigenvalue weighted by atomic mass is 35.5. The highest BCUT2D eigenvalue weighted by Gasteiger charge is 2.31. The van der Waals surface area contributed by atoms with Gasteiger partial charge in [-0.25, -0.2) is 9.37 Å². The van der Waals surface area contributed by atoms with E-state index in [2.05, 4.69) is 16.8 Å². The average molecular weight is 401 g/mol. The Morgan fingerprint density at radius 1 is 1.38 bits per heavy atom. The zero-order chi connectivity index (χ0) is 19.1. The summed E-state index contributed by atoms with van der Waals surface area (Å²) < 4.78 is 15.5. The number of nitrogens with two attached hydrogens (primary N) is 1. The molecule has 0 aromatic carbocycles. The minimum atomic E-state index is -0.842. The maximum atomic E-state index is 14.3. The Bertz CT molecular complexity index is 812. The lowest BCUT2D eigenvalue weighted by atomic mass is 9.80. The topological polar surface area (TPSA) is 64.2 Å². The van der Waals surface area contributed by atoms with Crippen molar-refractivity contribution >= 4 is 34.7 Å². The molecule has 0 spiro atoms. The van der Waals surface area contributed by atoms with Crippen molar-refractivity contribution in [3.63, 3.8) is 0 Å². The molecule has 1 fully saturated rings. The van der Waals surface area contributed by atoms with E-state index in [1.807, 2.05) is 0 Å². The van der Waals surface area contributed by atoms with Crippen LogP contribution in [0.2, 0.25) is 0 Å². The summed E-state index contributed by atoms with van der Waals surface area (Å²) >= 11 is 12.4. The highest BCUT2D eigenvalue weighted by Crippen LogP contribution is 2.33. The summed E-state index contributed by atoms with van der Waals surface area (Å²) in [6.45, 7) is 6.06. The molecule has 1 aliphatic carbocycles. The van der Waals surface area contributed by atoms with Crippen molar-refractivity contribution in [1.29, 1.82) is 0 Å². The molecule has 3 rings (SSSR count). The third kappa shape index (κ3) is 3.55. The molecule has 8 heteroatoms. The Morgan fingerprint density at radius 2 is 2.04 bits per heavy atom. The van der Waals surface area contributed by atoms with E-state index in [9.17, 15) is 9.18 Å². The fourth-order valence-corrected chi connectivity index (χ4v) is 3.87. The normalized spacial score (nSPS) is 25.7. The third-order valence-corrected chi connectivity index (χ3v) is 6.32. The standard InChI is InChI=1S/C18H23Cl2FN4O/c1-11-23-14(24-7-5-18(2,10-22)6-8-24)9-15(26)25(11)17-13(21)4-3-12(19)16(17)20/h3-4,9,12,16H,5-8,10,22H2,1-2H3/t12?,16-/m0/s1. The zero-order valence-corrected chi connectivity index (χ0v) is 16.4. The third-order valence-electron chi connectivity index (χ3n) is 5.31. The molecule has 0 radical (unpaired) electrons. The largest absolute Gasteiger partial charge is 0.356 e. The first-order valence-corrected chi connectivity index (χ1v) is 9.55. The summed E-state index contributed by atoms with van der Waals surface area (Å²) in [6, 6.07) is 1.43. The first-order chi connectivity index (χ1) is 12.3. The van der Waals surface area contributed by atoms with Crippen LogP contribution in [0, 0.1) is 12.3 Å². The molecule has 2 aliphatic rings. The van der Waals surface area contributed by atoms with Crippen LogP contribution >= 0.6 is 23.2 Å². The summed E-state index contributed by atoms with van der Waals surface area (Å²) in [5.41, 5.74) is 5.66. The van der Waals surface area contributed by atoms with Crippen molar-refractivity contribution in [3.05, 3.63) is 40.2 Å². The second-order valence-corrected chi connectivity index (χ2v) is 8.25. The predicted molar refractivity (Wildman–Crippen MR) is 105 cm³/mol. The lowest BCUT2D eigenvalue weighted by molar-refractivity contribution is 0.258. The van der Waals surface area contributed by atoms with Crippen LogP contribution in [0.25, 0.3) is 5.70 Å². The Labute approximate surface area is 162 Å². The van der Waals surface area contributed by atoms with E-state index in [4.69, 9.17) is 28.9 Å². The molecule has 142 valence electrons. The number of aromatic nitrogens is 2. The van der Waals surface area contributed by atoms with Gasteiger partial charge < -0.3 is 10.6 Å². The number of hydrogen-bond acceptors (Lipinski definition) is 4. The van der Waals surface area contributed by atoms with Crippen LogP contribution in [-0.4, -0.2) is 39.9 Å². The van der Waals surface area contributed by atoms with Crippen molar-refractivity contribution in [2.45, 2.75) is 37.4 Å². The van der Waals surface area contributed by atoms with Crippen molar-refractivity contribution in [1.82, 2.24) is 9.55 Å². The van der Waals surface area contributed by atoms with Crippen LogP contribution in [0.3, 0.4) is 0 Å². The van der Waals surface area contributed by atoms with Crippen molar-refractivity contribution in [2.75, 3.05) is 24.5 Å². The fraction of sp³-hybridized carbons (Fsp3) is 0.556. The second kappa shape index (κ2) is 7.33. The number of rotatable bonds is 3. The van der Waals surface area contributed by atoms with Crippen molar-refractivity contribution in [2.24, 2.45) is 11.1 Å². The number of allylic oxidation sites excluding steroid dienone is 4. The molecule has 1 aliphatic heterocycles. The molecule has 0 bridgehead atoms. The molecule has 1 unspecified atom stereocenters. The van der Waals surface area contributed by atoms with Crippen LogP contribution < -0.4 is 16.2 Å². The van der Waals surface area contributed by atoms with Gasteiger partial charge in [-0.05, 0) is 37.8 Å². The van der Waals surface area contributed by atoms with Crippen molar-refractivity contribution in [3.8, 4) is 0 Å². The van der Waals surface area contributed by atoms with Gasteiger partial charge in [0, 0.05) is 19.2 Å². The highest BCUT2D eigenvalue weighted by molar-refractivity contribution is 6.34. The quantitative estimate of drug-likeness (QED) is 0.791. The number of anilines is 1. The summed E-state index contributed by atoms with van der Waals surface area (Å²) in [5.74, 6) is 0.414. The molecule has 26 heavy (non-hydrogen) atoms. The first kappa shape index (κ1) is 19.4. The number of hydrogen-bond donors (Lipinski definition) is 1. The van der Waals surface area contributed by atoms with Crippen LogP contribution in [0.4, 0.5) is 10.2 Å². The Hall–Kier alpha value is -1.37. The van der Waals surface area contributed by atoms with Crippen molar-refractivity contribution < 1.29 is 4.39 Å². The van der Waals surface area contributed by atoms with E-state index < -0.39 is 16.6 Å². The van der Waals surface area contributed by atoms with E-state index in [0.717, 1.165) is 25.9 Å². The SMILES string of the molecule is Cc1nc(N2CCC(C)(CN)CC2)cc(=O)n1C1=C(F)C=CC(Cl)[C@@H]1Cl. The molecule has 1 aromatic rings. The predicted octanol–water partition coefficient (Wildman–Crippen LogP) is 3.04. The van der Waals surface area contributed by atoms with E-state index in [1.165, 1.54) is 22.8 Å². The van der Waals surface area contributed by atoms with Gasteiger partial charge in [-0.1, -0.05) is 13.0 Å². The first-order valence-electron chi connectivity index (χ1n) is 8.68. The molecular formula is C18H23Cl2FN4O. The summed E-state index contributed by atoms with van der Waals surface area (Å²) in [6.07, 6.45) is 4.59. The lowest BCUT2D eigenvalue weighted by Crippen LogP contribution is -2.43. The molecule has 5 nitrogen and oxygen atoms in total. The Balaban J connectivity index is 1.93. The molecule has 0 saturated carbocycles. The van der Waals surface area contributed by atoms with E-state index in [-0.39, 0.29) is 16.7 Å². The summed E-state index contributed by atoms with van der Waals surface area (Å²) in [5, 5.41) is -1.43. The van der Waals surface area contributed by atoms with Crippen LogP contribution in [0.1, 0.15) is 25.6 Å². The molecular weight excluding hydrogens is 378 g/mol. The maximum Gasteiger partial charge on any atom is 0.260 e. The zero-order valence-electron chi connectivity index (χ0n) is 14.9. The van der Waals surface area contributed by atoms with Gasteiger partial charge in [0.25, 0.3) is 5.56 Å². The maximum absolute atomic E-state index is 14.3. The van der Waals surface area contributed by atoms with E-state index in [1.54, 1.807) is 6.92 Å². The van der Waals surface area contributed by atoms with Gasteiger partial charge in [0.05, 0.1) is 16.5 Å². The minimum Gasteiger partial charge on any atom is -0.356 e. The lowest BCUT2D eigenvalue weighted by Gasteiger charge is -2.39. The number of aryl methyl sites for hydroxylation is 1. The number of nitrogens with zero attached hydrogens (tertiary/aromatic N) is 3. The second-order valence-electron chi connectivity index (χ2n) is 7.28. The average Bonchev–Trinajstić information content (AvgIpc) is 2.61. The van der Waals surface area contributed by atoms with Gasteiger partial charge in [-0.3, -0.25) is 9.36 Å². The fourth-order valence-electron chi connectivity index (χ4n) is 3.39. The number of alkyl halides is 2. The molecule has 0 amide bonds. The Kier molecular flexibility index (Phi) is 5.47. The van der Waals surface area contributed by atoms with Gasteiger partial charge in [-0.15, -0.1) is 23.2 Å². The monoisotopic (exact) mass is 400 g/mol. The van der Waals surface area contributed by atoms with Gasteiger partial charge in [0.1, 0.15) is 17.5 Å². The molecule has 2 N–H and O–H groups in total. The van der Waals surface area contributed by atoms with Crippen LogP contribution in [0.5, 0.6) is 0 Å². The summed E-state index contributed by atoms with van der Waals surface area (Å²) in [7, 11) is 0. The number of halogens is 3. The van der Waals surface area contributed by atoms with Gasteiger partial charge in [0.15, 0.2) is 0 Å². The van der Waals surface area contributed by atoms with Crippen LogP contribution in [-0.2, 0) is 0 Å². The molecule has 1 aromatic heterocycles. The van der Waals surface area contributed by atoms with Gasteiger partial charge in [-0.2, -0.15) is 0 Å². The number of piperidine rings is 1. The Morgan fingerprint density at radius 3 is 2.62 bits per heavy atom. The minimum absolute atomic E-state index is 0.0464. The summed E-state index contributed by atoms with van der Waals surface area (Å²) in [4.78, 5) is 19.3. The van der Waals surface area contributed by atoms with E-state index in [0.29, 0.717) is 18.2 Å². The molecule has 1 saturated heterocycles. The molecule has 2 heterocycles. The molecule has 2 atom stereocenters.